The van der Waals surface area contributed by atoms with E-state index >= 15 is 0 Å². The Kier molecular flexibility index (Phi) is 4.08. The van der Waals surface area contributed by atoms with Gasteiger partial charge < -0.3 is 4.90 Å². The molecule has 1 fully saturated rings. The number of nitriles is 2. The molecule has 1 saturated heterocycles. The Morgan fingerprint density at radius 1 is 1.12 bits per heavy atom. The average molecular weight is 219 g/mol. The van der Waals surface area contributed by atoms with Gasteiger partial charge in [-0.15, -0.1) is 0 Å². The molecular formula is C12H14FN3. The van der Waals surface area contributed by atoms with Crippen LogP contribution in [-0.4, -0.2) is 18.0 Å². The van der Waals surface area contributed by atoms with Gasteiger partial charge >= 0.3 is 0 Å². The fourth-order valence-corrected chi connectivity index (χ4v) is 1.77. The molecule has 0 atom stereocenters. The Hall–Kier alpha value is -1.81. The van der Waals surface area contributed by atoms with Gasteiger partial charge in [-0.3, -0.25) is 0 Å². The lowest BCUT2D eigenvalue weighted by atomic mass is 10.1. The van der Waals surface area contributed by atoms with E-state index in [1.165, 1.54) is 6.92 Å². The van der Waals surface area contributed by atoms with Crippen LogP contribution in [0.4, 0.5) is 4.39 Å². The summed E-state index contributed by atoms with van der Waals surface area (Å²) in [6.45, 7) is 4.86. The smallest absolute Gasteiger partial charge is 0.146 e. The van der Waals surface area contributed by atoms with E-state index in [0.717, 1.165) is 25.9 Å². The van der Waals surface area contributed by atoms with Crippen LogP contribution in [0.3, 0.4) is 0 Å². The summed E-state index contributed by atoms with van der Waals surface area (Å²) >= 11 is 0. The summed E-state index contributed by atoms with van der Waals surface area (Å²) in [6, 6.07) is 3.41. The van der Waals surface area contributed by atoms with Gasteiger partial charge in [-0.05, 0) is 26.7 Å². The van der Waals surface area contributed by atoms with E-state index in [2.05, 4.69) is 0 Å². The molecule has 0 saturated carbocycles. The Morgan fingerprint density at radius 2 is 1.62 bits per heavy atom. The van der Waals surface area contributed by atoms with Crippen molar-refractivity contribution in [1.29, 1.82) is 10.5 Å². The molecule has 1 aliphatic rings. The molecule has 0 amide bonds. The second-order valence-corrected chi connectivity index (χ2v) is 3.82. The summed E-state index contributed by atoms with van der Waals surface area (Å²) in [6.07, 6.45) is 2.13. The third-order valence-corrected chi connectivity index (χ3v) is 2.83. The first-order valence-electron chi connectivity index (χ1n) is 5.24. The minimum Gasteiger partial charge on any atom is -0.373 e. The topological polar surface area (TPSA) is 50.8 Å². The zero-order chi connectivity index (χ0) is 12.1. The molecule has 4 heteroatoms. The van der Waals surface area contributed by atoms with Gasteiger partial charge in [0, 0.05) is 24.4 Å². The van der Waals surface area contributed by atoms with E-state index in [1.807, 2.05) is 4.90 Å². The summed E-state index contributed by atoms with van der Waals surface area (Å²) < 4.78 is 13.9. The number of rotatable bonds is 2. The van der Waals surface area contributed by atoms with E-state index in [4.69, 9.17) is 10.5 Å². The number of halogens is 1. The van der Waals surface area contributed by atoms with Crippen molar-refractivity contribution in [3.05, 3.63) is 22.7 Å². The predicted octanol–water partition coefficient (Wildman–Crippen LogP) is 2.65. The van der Waals surface area contributed by atoms with Crippen LogP contribution in [0.25, 0.3) is 0 Å². The monoisotopic (exact) mass is 219 g/mol. The first-order valence-corrected chi connectivity index (χ1v) is 5.24. The molecule has 0 radical (unpaired) electrons. The van der Waals surface area contributed by atoms with Gasteiger partial charge in [-0.1, -0.05) is 0 Å². The highest BCUT2D eigenvalue weighted by Crippen LogP contribution is 2.24. The highest BCUT2D eigenvalue weighted by atomic mass is 19.1. The number of hydrogen-bond donors (Lipinski definition) is 0. The molecule has 1 rings (SSSR count). The van der Waals surface area contributed by atoms with Crippen LogP contribution in [0.2, 0.25) is 0 Å². The van der Waals surface area contributed by atoms with E-state index in [-0.39, 0.29) is 11.1 Å². The van der Waals surface area contributed by atoms with E-state index in [0.29, 0.717) is 5.70 Å². The Labute approximate surface area is 95.1 Å². The maximum absolute atomic E-state index is 13.9. The van der Waals surface area contributed by atoms with Crippen LogP contribution >= 0.6 is 0 Å². The maximum atomic E-state index is 13.9. The fraction of sp³-hybridized carbons (Fsp3) is 0.500. The molecule has 0 unspecified atom stereocenters. The Bertz CT molecular complexity index is 399. The first kappa shape index (κ1) is 12.3. The quantitative estimate of drug-likeness (QED) is 0.530. The Morgan fingerprint density at radius 3 is 2.06 bits per heavy atom. The van der Waals surface area contributed by atoms with Crippen LogP contribution < -0.4 is 0 Å². The molecule has 0 bridgehead atoms. The molecule has 1 aliphatic heterocycles. The lowest BCUT2D eigenvalue weighted by molar-refractivity contribution is 0.406. The van der Waals surface area contributed by atoms with Crippen molar-refractivity contribution < 1.29 is 4.39 Å². The van der Waals surface area contributed by atoms with Crippen LogP contribution in [0.1, 0.15) is 26.7 Å². The number of hydrogen-bond acceptors (Lipinski definition) is 3. The van der Waals surface area contributed by atoms with Crippen molar-refractivity contribution in [2.45, 2.75) is 26.7 Å². The third kappa shape index (κ3) is 2.41. The van der Waals surface area contributed by atoms with Crippen LogP contribution in [0, 0.1) is 22.7 Å². The first-order chi connectivity index (χ1) is 7.61. The predicted molar refractivity (Wildman–Crippen MR) is 58.5 cm³/mol. The SMILES string of the molecule is CC(=C(C#N)C#N)/C(F)=C(\C)N1CCCC1. The van der Waals surface area contributed by atoms with Crippen molar-refractivity contribution in [2.75, 3.05) is 13.1 Å². The van der Waals surface area contributed by atoms with E-state index in [9.17, 15) is 4.39 Å². The molecule has 1 heterocycles. The minimum atomic E-state index is -0.444. The number of nitrogens with zero attached hydrogens (tertiary/aromatic N) is 3. The molecule has 84 valence electrons. The van der Waals surface area contributed by atoms with Gasteiger partial charge in [0.15, 0.2) is 0 Å². The summed E-state index contributed by atoms with van der Waals surface area (Å²) in [5.74, 6) is -0.444. The summed E-state index contributed by atoms with van der Waals surface area (Å²) in [5, 5.41) is 17.3. The maximum Gasteiger partial charge on any atom is 0.146 e. The minimum absolute atomic E-state index is 0.134. The van der Waals surface area contributed by atoms with E-state index in [1.54, 1.807) is 19.1 Å². The standard InChI is InChI=1S/C12H14FN3/c1-9(11(7-14)8-15)12(13)10(2)16-5-3-4-6-16/h3-6H2,1-2H3/b12-10-. The summed E-state index contributed by atoms with van der Waals surface area (Å²) in [5.41, 5.74) is 0.503. The molecule has 0 aromatic carbocycles. The van der Waals surface area contributed by atoms with Crippen molar-refractivity contribution in [2.24, 2.45) is 0 Å². The number of allylic oxidation sites excluding steroid dienone is 4. The molecule has 3 nitrogen and oxygen atoms in total. The van der Waals surface area contributed by atoms with E-state index < -0.39 is 5.83 Å². The van der Waals surface area contributed by atoms with Crippen molar-refractivity contribution in [3.8, 4) is 12.1 Å². The zero-order valence-corrected chi connectivity index (χ0v) is 9.55. The van der Waals surface area contributed by atoms with Crippen molar-refractivity contribution in [3.63, 3.8) is 0 Å². The molecule has 0 aliphatic carbocycles. The van der Waals surface area contributed by atoms with Crippen LogP contribution in [-0.2, 0) is 0 Å². The summed E-state index contributed by atoms with van der Waals surface area (Å²) in [7, 11) is 0. The van der Waals surface area contributed by atoms with Crippen LogP contribution in [0.15, 0.2) is 22.7 Å². The molecule has 0 spiro atoms. The van der Waals surface area contributed by atoms with Gasteiger partial charge in [-0.25, -0.2) is 4.39 Å². The highest BCUT2D eigenvalue weighted by Gasteiger charge is 2.17. The average Bonchev–Trinajstić information content (AvgIpc) is 2.82. The molecular weight excluding hydrogens is 205 g/mol. The van der Waals surface area contributed by atoms with Gasteiger partial charge in [-0.2, -0.15) is 10.5 Å². The van der Waals surface area contributed by atoms with Gasteiger partial charge in [0.2, 0.25) is 0 Å². The third-order valence-electron chi connectivity index (χ3n) is 2.83. The van der Waals surface area contributed by atoms with Gasteiger partial charge in [0.25, 0.3) is 0 Å². The molecule has 16 heavy (non-hydrogen) atoms. The zero-order valence-electron chi connectivity index (χ0n) is 9.55. The van der Waals surface area contributed by atoms with Gasteiger partial charge in [0.1, 0.15) is 23.5 Å². The molecule has 0 N–H and O–H groups in total. The normalized spacial score (nSPS) is 16.2. The van der Waals surface area contributed by atoms with Crippen LogP contribution in [0.5, 0.6) is 0 Å². The fourth-order valence-electron chi connectivity index (χ4n) is 1.77. The van der Waals surface area contributed by atoms with Crippen molar-refractivity contribution in [1.82, 2.24) is 4.90 Å². The number of likely N-dealkylation sites (tertiary alicyclic amines) is 1. The van der Waals surface area contributed by atoms with Gasteiger partial charge in [0.05, 0.1) is 0 Å². The lowest BCUT2D eigenvalue weighted by Gasteiger charge is -2.19. The summed E-state index contributed by atoms with van der Waals surface area (Å²) in [4.78, 5) is 1.95. The Balaban J connectivity index is 3.04. The second-order valence-electron chi connectivity index (χ2n) is 3.82. The molecule has 0 aromatic heterocycles. The lowest BCUT2D eigenvalue weighted by Crippen LogP contribution is -2.18. The second kappa shape index (κ2) is 5.32. The highest BCUT2D eigenvalue weighted by molar-refractivity contribution is 5.46. The van der Waals surface area contributed by atoms with Crippen molar-refractivity contribution >= 4 is 0 Å². The largest absolute Gasteiger partial charge is 0.373 e. The molecule has 0 aromatic rings.